The van der Waals surface area contributed by atoms with Crippen molar-refractivity contribution in [1.29, 1.82) is 0 Å². The minimum Gasteiger partial charge on any atom is -0.353 e. The fraction of sp³-hybridized carbons (Fsp3) is 0.0769. The summed E-state index contributed by atoms with van der Waals surface area (Å²) in [6.45, 7) is 1.91. The number of aryl methyl sites for hydroxylation is 1. The summed E-state index contributed by atoms with van der Waals surface area (Å²) in [5.41, 5.74) is 2.85. The van der Waals surface area contributed by atoms with Crippen LogP contribution in [0.25, 0.3) is 16.7 Å². The van der Waals surface area contributed by atoms with E-state index in [0.717, 1.165) is 16.9 Å². The molecule has 0 fully saturated rings. The van der Waals surface area contributed by atoms with Gasteiger partial charge in [-0.25, -0.2) is 0 Å². The molecule has 0 unspecified atom stereocenters. The van der Waals surface area contributed by atoms with Crippen molar-refractivity contribution in [3.05, 3.63) is 57.2 Å². The number of hydrogen-bond donors (Lipinski definition) is 2. The predicted molar refractivity (Wildman–Crippen MR) is 73.8 cm³/mol. The first-order valence-electron chi connectivity index (χ1n) is 5.57. The number of nitrogens with zero attached hydrogens (tertiary/aromatic N) is 1. The predicted octanol–water partition coefficient (Wildman–Crippen LogP) is 2.68. The maximum Gasteiger partial charge on any atom is 0.283 e. The smallest absolute Gasteiger partial charge is 0.283 e. The quantitative estimate of drug-likeness (QED) is 0.658. The van der Waals surface area contributed by atoms with Gasteiger partial charge in [-0.15, -0.1) is 0 Å². The van der Waals surface area contributed by atoms with E-state index in [9.17, 15) is 4.79 Å². The van der Waals surface area contributed by atoms with E-state index in [1.165, 1.54) is 4.57 Å². The van der Waals surface area contributed by atoms with Crippen molar-refractivity contribution < 1.29 is 0 Å². The lowest BCUT2D eigenvalue weighted by Crippen LogP contribution is -2.20. The standard InChI is InChI=1S/C13H11N3OS/c1-8-7-10-11(14-8)12(17)16(13(18)15-10)9-5-3-2-4-6-9/h2-7,14H,1H3,(H,15,18). The lowest BCUT2D eigenvalue weighted by molar-refractivity contribution is 0.937. The molecule has 0 radical (unpaired) electrons. The Bertz CT molecular complexity index is 827. The molecule has 0 saturated carbocycles. The summed E-state index contributed by atoms with van der Waals surface area (Å²) in [7, 11) is 0. The third-order valence-electron chi connectivity index (χ3n) is 2.83. The summed E-state index contributed by atoms with van der Waals surface area (Å²) in [5.74, 6) is 0. The first-order valence-corrected chi connectivity index (χ1v) is 5.98. The molecule has 0 atom stereocenters. The molecule has 1 aromatic carbocycles. The molecule has 2 heterocycles. The molecule has 0 spiro atoms. The molecular formula is C13H11N3OS. The van der Waals surface area contributed by atoms with Crippen LogP contribution in [0.15, 0.2) is 41.2 Å². The maximum atomic E-state index is 12.4. The first-order chi connectivity index (χ1) is 8.66. The van der Waals surface area contributed by atoms with Crippen molar-refractivity contribution in [3.63, 3.8) is 0 Å². The van der Waals surface area contributed by atoms with Crippen LogP contribution in [0.4, 0.5) is 0 Å². The monoisotopic (exact) mass is 257 g/mol. The summed E-state index contributed by atoms with van der Waals surface area (Å²) >= 11 is 5.25. The molecule has 0 amide bonds. The largest absolute Gasteiger partial charge is 0.353 e. The maximum absolute atomic E-state index is 12.4. The third-order valence-corrected chi connectivity index (χ3v) is 3.11. The Kier molecular flexibility index (Phi) is 2.41. The number of hydrogen-bond acceptors (Lipinski definition) is 2. The van der Waals surface area contributed by atoms with Crippen molar-refractivity contribution in [1.82, 2.24) is 14.5 Å². The van der Waals surface area contributed by atoms with Gasteiger partial charge in [0.05, 0.1) is 11.2 Å². The lowest BCUT2D eigenvalue weighted by Gasteiger charge is -2.05. The fourth-order valence-corrected chi connectivity index (χ4v) is 2.34. The zero-order valence-electron chi connectivity index (χ0n) is 9.73. The topological polar surface area (TPSA) is 53.6 Å². The van der Waals surface area contributed by atoms with Crippen molar-refractivity contribution in [2.24, 2.45) is 0 Å². The summed E-state index contributed by atoms with van der Waals surface area (Å²) in [6.07, 6.45) is 0. The SMILES string of the molecule is Cc1cc2[nH]c(=S)n(-c3ccccc3)c(=O)c2[nH]1. The van der Waals surface area contributed by atoms with E-state index >= 15 is 0 Å². The Morgan fingerprint density at radius 3 is 2.61 bits per heavy atom. The van der Waals surface area contributed by atoms with E-state index in [0.29, 0.717) is 10.3 Å². The van der Waals surface area contributed by atoms with Crippen LogP contribution in [0, 0.1) is 11.7 Å². The van der Waals surface area contributed by atoms with Crippen LogP contribution in [0.1, 0.15) is 5.69 Å². The second-order valence-electron chi connectivity index (χ2n) is 4.15. The molecule has 0 aliphatic carbocycles. The van der Waals surface area contributed by atoms with E-state index in [-0.39, 0.29) is 5.56 Å². The molecule has 2 aromatic heterocycles. The van der Waals surface area contributed by atoms with Crippen LogP contribution in [0.3, 0.4) is 0 Å². The van der Waals surface area contributed by atoms with E-state index in [1.807, 2.05) is 43.3 Å². The summed E-state index contributed by atoms with van der Waals surface area (Å²) < 4.78 is 1.89. The van der Waals surface area contributed by atoms with Gasteiger partial charge in [0.1, 0.15) is 5.52 Å². The van der Waals surface area contributed by atoms with Crippen LogP contribution in [-0.4, -0.2) is 14.5 Å². The average molecular weight is 257 g/mol. The highest BCUT2D eigenvalue weighted by Gasteiger charge is 2.08. The van der Waals surface area contributed by atoms with Gasteiger partial charge in [-0.1, -0.05) is 18.2 Å². The normalized spacial score (nSPS) is 10.9. The van der Waals surface area contributed by atoms with Gasteiger partial charge >= 0.3 is 0 Å². The minimum atomic E-state index is -0.131. The van der Waals surface area contributed by atoms with Crippen LogP contribution >= 0.6 is 12.2 Å². The molecule has 5 heteroatoms. The van der Waals surface area contributed by atoms with Gasteiger partial charge in [-0.2, -0.15) is 0 Å². The Morgan fingerprint density at radius 2 is 1.89 bits per heavy atom. The number of aromatic amines is 2. The number of para-hydroxylation sites is 1. The lowest BCUT2D eigenvalue weighted by atomic mass is 10.3. The average Bonchev–Trinajstić information content (AvgIpc) is 2.71. The van der Waals surface area contributed by atoms with Gasteiger partial charge in [-0.3, -0.25) is 9.36 Å². The molecule has 0 aliphatic rings. The summed E-state index contributed by atoms with van der Waals surface area (Å²) in [6, 6.07) is 11.2. The van der Waals surface area contributed by atoms with Gasteiger partial charge in [-0.05, 0) is 37.3 Å². The number of benzene rings is 1. The Labute approximate surface area is 108 Å². The van der Waals surface area contributed by atoms with E-state index in [2.05, 4.69) is 9.97 Å². The zero-order chi connectivity index (χ0) is 12.7. The molecule has 90 valence electrons. The van der Waals surface area contributed by atoms with Crippen LogP contribution in [-0.2, 0) is 0 Å². The van der Waals surface area contributed by atoms with Crippen molar-refractivity contribution in [2.45, 2.75) is 6.92 Å². The molecular weight excluding hydrogens is 246 g/mol. The molecule has 3 rings (SSSR count). The first kappa shape index (κ1) is 11.0. The van der Waals surface area contributed by atoms with E-state index < -0.39 is 0 Å². The third kappa shape index (κ3) is 1.60. The van der Waals surface area contributed by atoms with Crippen molar-refractivity contribution >= 4 is 23.3 Å². The van der Waals surface area contributed by atoms with Crippen LogP contribution < -0.4 is 5.56 Å². The number of rotatable bonds is 1. The highest BCUT2D eigenvalue weighted by molar-refractivity contribution is 7.71. The molecule has 3 aromatic rings. The van der Waals surface area contributed by atoms with Gasteiger partial charge in [0.2, 0.25) is 0 Å². The van der Waals surface area contributed by atoms with E-state index in [1.54, 1.807) is 0 Å². The van der Waals surface area contributed by atoms with Gasteiger partial charge in [0.15, 0.2) is 4.77 Å². The van der Waals surface area contributed by atoms with Crippen LogP contribution in [0.2, 0.25) is 0 Å². The molecule has 18 heavy (non-hydrogen) atoms. The number of aromatic nitrogens is 3. The number of H-pyrrole nitrogens is 2. The molecule has 4 nitrogen and oxygen atoms in total. The van der Waals surface area contributed by atoms with Crippen molar-refractivity contribution in [3.8, 4) is 5.69 Å². The Balaban J connectivity index is 2.44. The number of fused-ring (bicyclic) bond motifs is 1. The van der Waals surface area contributed by atoms with Gasteiger partial charge in [0.25, 0.3) is 5.56 Å². The number of nitrogens with one attached hydrogen (secondary N) is 2. The molecule has 0 bridgehead atoms. The second kappa shape index (κ2) is 3.96. The molecule has 0 saturated heterocycles. The highest BCUT2D eigenvalue weighted by Crippen LogP contribution is 2.11. The van der Waals surface area contributed by atoms with E-state index in [4.69, 9.17) is 12.2 Å². The van der Waals surface area contributed by atoms with Gasteiger partial charge in [0, 0.05) is 5.69 Å². The summed E-state index contributed by atoms with van der Waals surface area (Å²) in [4.78, 5) is 18.5. The second-order valence-corrected chi connectivity index (χ2v) is 4.53. The summed E-state index contributed by atoms with van der Waals surface area (Å²) in [5, 5.41) is 0. The minimum absolute atomic E-state index is 0.131. The zero-order valence-corrected chi connectivity index (χ0v) is 10.5. The Hall–Kier alpha value is -2.14. The van der Waals surface area contributed by atoms with Crippen molar-refractivity contribution in [2.75, 3.05) is 0 Å². The molecule has 2 N–H and O–H groups in total. The Morgan fingerprint density at radius 1 is 1.17 bits per heavy atom. The van der Waals surface area contributed by atoms with Crippen LogP contribution in [0.5, 0.6) is 0 Å². The van der Waals surface area contributed by atoms with Gasteiger partial charge < -0.3 is 9.97 Å². The highest BCUT2D eigenvalue weighted by atomic mass is 32.1. The molecule has 0 aliphatic heterocycles. The fourth-order valence-electron chi connectivity index (χ4n) is 2.04.